The normalized spacial score (nSPS) is 20.8. The molecule has 5 rings (SSSR count). The van der Waals surface area contributed by atoms with Crippen LogP contribution in [0.15, 0.2) is 76.4 Å². The number of furan rings is 1. The fourth-order valence-corrected chi connectivity index (χ4v) is 3.70. The first-order valence-electron chi connectivity index (χ1n) is 8.63. The number of hydrogen-bond acceptors (Lipinski definition) is 5. The van der Waals surface area contributed by atoms with Crippen LogP contribution in [0.2, 0.25) is 0 Å². The summed E-state index contributed by atoms with van der Waals surface area (Å²) in [5.74, 6) is 2.48. The molecule has 2 aliphatic rings. The Morgan fingerprint density at radius 2 is 1.81 bits per heavy atom. The Hall–Kier alpha value is -3.21. The Morgan fingerprint density at radius 1 is 1.00 bits per heavy atom. The van der Waals surface area contributed by atoms with Gasteiger partial charge in [0.15, 0.2) is 0 Å². The van der Waals surface area contributed by atoms with Crippen LogP contribution in [0.25, 0.3) is 0 Å². The Kier molecular flexibility index (Phi) is 3.45. The van der Waals surface area contributed by atoms with Crippen molar-refractivity contribution in [2.75, 3.05) is 7.11 Å². The van der Waals surface area contributed by atoms with Gasteiger partial charge in [0.05, 0.1) is 25.0 Å². The van der Waals surface area contributed by atoms with Crippen molar-refractivity contribution in [3.8, 4) is 11.5 Å². The molecule has 0 saturated carbocycles. The van der Waals surface area contributed by atoms with E-state index in [4.69, 9.17) is 19.0 Å². The fourth-order valence-electron chi connectivity index (χ4n) is 3.70. The predicted octanol–water partition coefficient (Wildman–Crippen LogP) is 4.53. The van der Waals surface area contributed by atoms with E-state index in [2.05, 4.69) is 6.07 Å². The van der Waals surface area contributed by atoms with E-state index in [-0.39, 0.29) is 12.3 Å². The second-order valence-electron chi connectivity index (χ2n) is 6.37. The van der Waals surface area contributed by atoms with Crippen molar-refractivity contribution < 1.29 is 13.9 Å². The lowest BCUT2D eigenvalue weighted by atomic mass is 9.97. The summed E-state index contributed by atoms with van der Waals surface area (Å²) in [5, 5.41) is 6.89. The Bertz CT molecular complexity index is 965. The van der Waals surface area contributed by atoms with Crippen molar-refractivity contribution in [3.63, 3.8) is 0 Å². The van der Waals surface area contributed by atoms with E-state index in [1.54, 1.807) is 13.4 Å². The number of rotatable bonds is 3. The van der Waals surface area contributed by atoms with Crippen LogP contribution >= 0.6 is 0 Å². The zero-order valence-corrected chi connectivity index (χ0v) is 14.3. The molecule has 3 aromatic rings. The molecule has 26 heavy (non-hydrogen) atoms. The predicted molar refractivity (Wildman–Crippen MR) is 97.2 cm³/mol. The van der Waals surface area contributed by atoms with Crippen molar-refractivity contribution in [2.24, 2.45) is 5.10 Å². The van der Waals surface area contributed by atoms with Gasteiger partial charge in [-0.05, 0) is 30.3 Å². The third kappa shape index (κ3) is 2.28. The molecule has 0 radical (unpaired) electrons. The lowest BCUT2D eigenvalue weighted by Crippen LogP contribution is -2.33. The second kappa shape index (κ2) is 5.95. The van der Waals surface area contributed by atoms with Crippen LogP contribution in [-0.4, -0.2) is 17.8 Å². The molecule has 0 aliphatic carbocycles. The summed E-state index contributed by atoms with van der Waals surface area (Å²) in [4.78, 5) is 0. The Balaban J connectivity index is 1.63. The highest BCUT2D eigenvalue weighted by atomic mass is 16.5. The second-order valence-corrected chi connectivity index (χ2v) is 6.37. The molecule has 1 aromatic heterocycles. The summed E-state index contributed by atoms with van der Waals surface area (Å²) in [6.07, 6.45) is 2.11. The third-order valence-corrected chi connectivity index (χ3v) is 4.91. The fraction of sp³-hybridized carbons (Fsp3) is 0.190. The minimum atomic E-state index is -0.349. The topological polar surface area (TPSA) is 47.2 Å². The first kappa shape index (κ1) is 15.1. The van der Waals surface area contributed by atoms with Crippen molar-refractivity contribution >= 4 is 5.71 Å². The average molecular weight is 346 g/mol. The van der Waals surface area contributed by atoms with Gasteiger partial charge in [-0.1, -0.05) is 30.3 Å². The largest absolute Gasteiger partial charge is 0.496 e. The summed E-state index contributed by atoms with van der Waals surface area (Å²) < 4.78 is 17.5. The van der Waals surface area contributed by atoms with Gasteiger partial charge in [0, 0.05) is 12.0 Å². The molecule has 5 nitrogen and oxygen atoms in total. The molecular formula is C21H18N2O3. The smallest absolute Gasteiger partial charge is 0.217 e. The molecule has 0 amide bonds. The zero-order chi connectivity index (χ0) is 17.5. The van der Waals surface area contributed by atoms with E-state index >= 15 is 0 Å². The SMILES string of the molecule is COc1ccccc1[C@H]1Oc2ccccc2[C@H]2CC(c3ccco3)=NN21. The third-order valence-electron chi connectivity index (χ3n) is 4.91. The Labute approximate surface area is 151 Å². The molecule has 0 unspecified atom stereocenters. The molecule has 2 aromatic carbocycles. The molecule has 0 bridgehead atoms. The maximum Gasteiger partial charge on any atom is 0.217 e. The van der Waals surface area contributed by atoms with Gasteiger partial charge in [-0.25, -0.2) is 5.01 Å². The summed E-state index contributed by atoms with van der Waals surface area (Å²) in [6, 6.07) is 20.0. The van der Waals surface area contributed by atoms with E-state index in [1.165, 1.54) is 0 Å². The Morgan fingerprint density at radius 3 is 2.62 bits per heavy atom. The number of benzene rings is 2. The van der Waals surface area contributed by atoms with Crippen LogP contribution < -0.4 is 9.47 Å². The summed E-state index contributed by atoms with van der Waals surface area (Å²) in [5.41, 5.74) is 3.03. The number of nitrogens with zero attached hydrogens (tertiary/aromatic N) is 2. The van der Waals surface area contributed by atoms with E-state index in [0.29, 0.717) is 0 Å². The van der Waals surface area contributed by atoms with Crippen molar-refractivity contribution in [1.29, 1.82) is 0 Å². The molecule has 2 atom stereocenters. The lowest BCUT2D eigenvalue weighted by Gasteiger charge is -2.38. The summed E-state index contributed by atoms with van der Waals surface area (Å²) >= 11 is 0. The number of hydrogen-bond donors (Lipinski definition) is 0. The van der Waals surface area contributed by atoms with E-state index in [9.17, 15) is 0 Å². The average Bonchev–Trinajstić information content (AvgIpc) is 3.37. The van der Waals surface area contributed by atoms with Crippen molar-refractivity contribution in [1.82, 2.24) is 5.01 Å². The van der Waals surface area contributed by atoms with Crippen molar-refractivity contribution in [3.05, 3.63) is 83.8 Å². The van der Waals surface area contributed by atoms with Crippen LogP contribution in [0.5, 0.6) is 11.5 Å². The molecule has 2 aliphatic heterocycles. The standard InChI is InChI=1S/C21H18N2O3/c1-24-18-9-4-3-8-15(18)21-23-17(14-7-2-5-10-19(14)26-21)13-16(22-23)20-11-6-12-25-20/h2-12,17,21H,13H2,1H3/t17-,21-/m1/s1. The summed E-state index contributed by atoms with van der Waals surface area (Å²) in [6.45, 7) is 0. The minimum absolute atomic E-state index is 0.106. The minimum Gasteiger partial charge on any atom is -0.496 e. The zero-order valence-electron chi connectivity index (χ0n) is 14.3. The van der Waals surface area contributed by atoms with Crippen LogP contribution in [0.1, 0.15) is 35.6 Å². The van der Waals surface area contributed by atoms with E-state index < -0.39 is 0 Å². The molecule has 0 fully saturated rings. The highest BCUT2D eigenvalue weighted by Crippen LogP contribution is 2.48. The van der Waals surface area contributed by atoms with Gasteiger partial charge in [0.2, 0.25) is 6.23 Å². The maximum absolute atomic E-state index is 6.35. The molecule has 0 saturated heterocycles. The van der Waals surface area contributed by atoms with Crippen LogP contribution in [0.3, 0.4) is 0 Å². The number of ether oxygens (including phenoxy) is 2. The van der Waals surface area contributed by atoms with Crippen LogP contribution in [0, 0.1) is 0 Å². The number of fused-ring (bicyclic) bond motifs is 3. The molecule has 0 spiro atoms. The molecule has 5 heteroatoms. The number of hydrazone groups is 1. The first-order valence-corrected chi connectivity index (χ1v) is 8.63. The van der Waals surface area contributed by atoms with Gasteiger partial charge in [0.25, 0.3) is 0 Å². The van der Waals surface area contributed by atoms with Crippen LogP contribution in [0.4, 0.5) is 0 Å². The lowest BCUT2D eigenvalue weighted by molar-refractivity contribution is -0.0203. The van der Waals surface area contributed by atoms with Gasteiger partial charge in [0.1, 0.15) is 23.0 Å². The first-order chi connectivity index (χ1) is 12.8. The maximum atomic E-state index is 6.35. The van der Waals surface area contributed by atoms with Gasteiger partial charge < -0.3 is 13.9 Å². The summed E-state index contributed by atoms with van der Waals surface area (Å²) in [7, 11) is 1.68. The van der Waals surface area contributed by atoms with Gasteiger partial charge in [-0.15, -0.1) is 0 Å². The number of methoxy groups -OCH3 is 1. The highest BCUT2D eigenvalue weighted by Gasteiger charge is 2.42. The van der Waals surface area contributed by atoms with E-state index in [1.807, 2.05) is 59.6 Å². The number of para-hydroxylation sites is 2. The molecular weight excluding hydrogens is 328 g/mol. The van der Waals surface area contributed by atoms with Gasteiger partial charge in [-0.2, -0.15) is 5.10 Å². The van der Waals surface area contributed by atoms with Gasteiger partial charge >= 0.3 is 0 Å². The van der Waals surface area contributed by atoms with E-state index in [0.717, 1.165) is 40.5 Å². The highest BCUT2D eigenvalue weighted by molar-refractivity contribution is 5.99. The van der Waals surface area contributed by atoms with Gasteiger partial charge in [-0.3, -0.25) is 0 Å². The monoisotopic (exact) mass is 346 g/mol. The molecule has 0 N–H and O–H groups in total. The van der Waals surface area contributed by atoms with Crippen LogP contribution in [-0.2, 0) is 0 Å². The molecule has 3 heterocycles. The molecule has 130 valence electrons. The quantitative estimate of drug-likeness (QED) is 0.699. The van der Waals surface area contributed by atoms with Crippen molar-refractivity contribution in [2.45, 2.75) is 18.7 Å².